The molecule has 0 unspecified atom stereocenters. The SMILES string of the molecule is COc1ccc(C)cc1CN1C(=O)N[C@](C)(c2ccccc2Cl)C1=O. The van der Waals surface area contributed by atoms with Gasteiger partial charge in [0.2, 0.25) is 0 Å². The van der Waals surface area contributed by atoms with Gasteiger partial charge in [-0.25, -0.2) is 4.79 Å². The van der Waals surface area contributed by atoms with E-state index in [4.69, 9.17) is 16.3 Å². The van der Waals surface area contributed by atoms with Crippen LogP contribution in [-0.4, -0.2) is 23.9 Å². The predicted molar refractivity (Wildman–Crippen MR) is 95.6 cm³/mol. The second-order valence-corrected chi connectivity index (χ2v) is 6.65. The van der Waals surface area contributed by atoms with Crippen molar-refractivity contribution in [3.63, 3.8) is 0 Å². The molecule has 0 aliphatic carbocycles. The first-order valence-electron chi connectivity index (χ1n) is 7.89. The highest BCUT2D eigenvalue weighted by Gasteiger charge is 2.49. The van der Waals surface area contributed by atoms with E-state index in [9.17, 15) is 9.59 Å². The molecule has 130 valence electrons. The molecule has 0 spiro atoms. The van der Waals surface area contributed by atoms with Gasteiger partial charge >= 0.3 is 6.03 Å². The molecule has 1 aliphatic heterocycles. The van der Waals surface area contributed by atoms with E-state index in [1.165, 1.54) is 4.90 Å². The van der Waals surface area contributed by atoms with Crippen molar-refractivity contribution in [2.24, 2.45) is 0 Å². The van der Waals surface area contributed by atoms with Crippen LogP contribution in [0.2, 0.25) is 5.02 Å². The normalized spacial score (nSPS) is 19.9. The minimum Gasteiger partial charge on any atom is -0.496 e. The highest BCUT2D eigenvalue weighted by molar-refractivity contribution is 6.32. The summed E-state index contributed by atoms with van der Waals surface area (Å²) in [5.41, 5.74) is 1.19. The molecule has 1 atom stereocenters. The maximum Gasteiger partial charge on any atom is 0.325 e. The van der Waals surface area contributed by atoms with Gasteiger partial charge in [-0.2, -0.15) is 0 Å². The van der Waals surface area contributed by atoms with Gasteiger partial charge in [-0.3, -0.25) is 9.69 Å². The second-order valence-electron chi connectivity index (χ2n) is 6.24. The molecule has 1 heterocycles. The van der Waals surface area contributed by atoms with Gasteiger partial charge in [0, 0.05) is 16.1 Å². The fourth-order valence-electron chi connectivity index (χ4n) is 3.09. The zero-order chi connectivity index (χ0) is 18.2. The molecule has 2 aromatic carbocycles. The average molecular weight is 359 g/mol. The molecule has 1 N–H and O–H groups in total. The zero-order valence-electron chi connectivity index (χ0n) is 14.3. The number of benzene rings is 2. The Bertz CT molecular complexity index is 852. The number of hydrogen-bond donors (Lipinski definition) is 1. The first kappa shape index (κ1) is 17.3. The maximum absolute atomic E-state index is 13.0. The Morgan fingerprint density at radius 1 is 1.20 bits per heavy atom. The van der Waals surface area contributed by atoms with Crippen molar-refractivity contribution in [3.8, 4) is 5.75 Å². The van der Waals surface area contributed by atoms with Crippen LogP contribution in [0.15, 0.2) is 42.5 Å². The van der Waals surface area contributed by atoms with E-state index in [0.717, 1.165) is 11.1 Å². The Labute approximate surface area is 151 Å². The van der Waals surface area contributed by atoms with E-state index >= 15 is 0 Å². The molecule has 0 radical (unpaired) electrons. The molecule has 2 aromatic rings. The largest absolute Gasteiger partial charge is 0.496 e. The molecule has 0 bridgehead atoms. The molecule has 0 aromatic heterocycles. The van der Waals surface area contributed by atoms with E-state index in [2.05, 4.69) is 5.32 Å². The number of aryl methyl sites for hydroxylation is 1. The van der Waals surface area contributed by atoms with Crippen molar-refractivity contribution >= 4 is 23.5 Å². The standard InChI is InChI=1S/C19H19ClN2O3/c1-12-8-9-16(25-3)13(10-12)11-22-17(23)19(2,21-18(22)24)14-6-4-5-7-15(14)20/h4-10H,11H2,1-3H3,(H,21,24)/t19-/m1/s1. The zero-order valence-corrected chi connectivity index (χ0v) is 15.1. The first-order chi connectivity index (χ1) is 11.9. The van der Waals surface area contributed by atoms with Crippen molar-refractivity contribution in [2.45, 2.75) is 25.9 Å². The average Bonchev–Trinajstić information content (AvgIpc) is 2.79. The Morgan fingerprint density at radius 3 is 2.60 bits per heavy atom. The third-order valence-corrected chi connectivity index (χ3v) is 4.78. The van der Waals surface area contributed by atoms with E-state index in [1.54, 1.807) is 38.3 Å². The number of nitrogens with one attached hydrogen (secondary N) is 1. The number of imide groups is 1. The third-order valence-electron chi connectivity index (χ3n) is 4.45. The number of carbonyl (C=O) groups is 2. The van der Waals surface area contributed by atoms with Gasteiger partial charge in [0.05, 0.1) is 13.7 Å². The highest BCUT2D eigenvalue weighted by Crippen LogP contribution is 2.34. The highest BCUT2D eigenvalue weighted by atomic mass is 35.5. The summed E-state index contributed by atoms with van der Waals surface area (Å²) in [5.74, 6) is 0.298. The molecule has 3 amide bonds. The number of amides is 3. The van der Waals surface area contributed by atoms with Crippen molar-refractivity contribution in [2.75, 3.05) is 7.11 Å². The van der Waals surface area contributed by atoms with Crippen LogP contribution >= 0.6 is 11.6 Å². The minimum atomic E-state index is -1.19. The van der Waals surface area contributed by atoms with Crippen molar-refractivity contribution in [1.82, 2.24) is 10.2 Å². The Balaban J connectivity index is 1.95. The molecule has 1 saturated heterocycles. The lowest BCUT2D eigenvalue weighted by molar-refractivity contribution is -0.131. The summed E-state index contributed by atoms with van der Waals surface area (Å²) in [7, 11) is 1.56. The number of carbonyl (C=O) groups excluding carboxylic acids is 2. The van der Waals surface area contributed by atoms with Gasteiger partial charge in [0.1, 0.15) is 11.3 Å². The van der Waals surface area contributed by atoms with Gasteiger partial charge in [-0.05, 0) is 26.0 Å². The summed E-state index contributed by atoms with van der Waals surface area (Å²) < 4.78 is 5.35. The topological polar surface area (TPSA) is 58.6 Å². The Morgan fingerprint density at radius 2 is 1.92 bits per heavy atom. The van der Waals surface area contributed by atoms with Crippen LogP contribution in [0.3, 0.4) is 0 Å². The number of hydrogen-bond acceptors (Lipinski definition) is 3. The Kier molecular flexibility index (Phi) is 4.43. The van der Waals surface area contributed by atoms with E-state index in [-0.39, 0.29) is 12.5 Å². The number of methoxy groups -OCH3 is 1. The second kappa shape index (κ2) is 6.41. The molecule has 6 heteroatoms. The monoisotopic (exact) mass is 358 g/mol. The van der Waals surface area contributed by atoms with Gasteiger partial charge < -0.3 is 10.1 Å². The lowest BCUT2D eigenvalue weighted by Crippen LogP contribution is -2.41. The summed E-state index contributed by atoms with van der Waals surface area (Å²) in [4.78, 5) is 26.7. The molecule has 3 rings (SSSR count). The van der Waals surface area contributed by atoms with E-state index in [0.29, 0.717) is 16.3 Å². The van der Waals surface area contributed by atoms with Crippen LogP contribution in [0, 0.1) is 6.92 Å². The van der Waals surface area contributed by atoms with Crippen molar-refractivity contribution in [3.05, 3.63) is 64.2 Å². The molecule has 25 heavy (non-hydrogen) atoms. The molecular weight excluding hydrogens is 340 g/mol. The lowest BCUT2D eigenvalue weighted by Gasteiger charge is -2.23. The fraction of sp³-hybridized carbons (Fsp3) is 0.263. The lowest BCUT2D eigenvalue weighted by atomic mass is 9.92. The number of halogens is 1. The fourth-order valence-corrected chi connectivity index (χ4v) is 3.42. The van der Waals surface area contributed by atoms with E-state index in [1.807, 2.05) is 25.1 Å². The first-order valence-corrected chi connectivity index (χ1v) is 8.27. The quantitative estimate of drug-likeness (QED) is 0.849. The minimum absolute atomic E-state index is 0.134. The Hall–Kier alpha value is -2.53. The summed E-state index contributed by atoms with van der Waals surface area (Å²) in [6.07, 6.45) is 0. The molecular formula is C19H19ClN2O3. The molecule has 1 aliphatic rings. The maximum atomic E-state index is 13.0. The van der Waals surface area contributed by atoms with Crippen LogP contribution in [0.4, 0.5) is 4.79 Å². The summed E-state index contributed by atoms with van der Waals surface area (Å²) in [6, 6.07) is 12.2. The van der Waals surface area contributed by atoms with Crippen molar-refractivity contribution in [1.29, 1.82) is 0 Å². The van der Waals surface area contributed by atoms with Gasteiger partial charge in [0.15, 0.2) is 0 Å². The van der Waals surface area contributed by atoms with Crippen LogP contribution < -0.4 is 10.1 Å². The van der Waals surface area contributed by atoms with Gasteiger partial charge in [0.25, 0.3) is 5.91 Å². The van der Waals surface area contributed by atoms with Crippen LogP contribution in [0.5, 0.6) is 5.75 Å². The molecule has 5 nitrogen and oxygen atoms in total. The van der Waals surface area contributed by atoms with E-state index < -0.39 is 11.6 Å². The van der Waals surface area contributed by atoms with Gasteiger partial charge in [-0.1, -0.05) is 47.5 Å². The van der Waals surface area contributed by atoms with Gasteiger partial charge in [-0.15, -0.1) is 0 Å². The number of ether oxygens (including phenoxy) is 1. The summed E-state index contributed by atoms with van der Waals surface area (Å²) in [5, 5.41) is 3.21. The number of rotatable bonds is 4. The molecule has 0 saturated carbocycles. The third kappa shape index (κ3) is 2.96. The van der Waals surface area contributed by atoms with Crippen molar-refractivity contribution < 1.29 is 14.3 Å². The van der Waals surface area contributed by atoms with Crippen LogP contribution in [-0.2, 0) is 16.9 Å². The van der Waals surface area contributed by atoms with Crippen LogP contribution in [0.1, 0.15) is 23.6 Å². The summed E-state index contributed by atoms with van der Waals surface area (Å²) >= 11 is 6.24. The summed E-state index contributed by atoms with van der Waals surface area (Å²) in [6.45, 7) is 3.75. The molecule has 1 fully saturated rings. The number of urea groups is 1. The predicted octanol–water partition coefficient (Wildman–Crippen LogP) is 3.62. The number of nitrogens with zero attached hydrogens (tertiary/aromatic N) is 1. The van der Waals surface area contributed by atoms with Crippen LogP contribution in [0.25, 0.3) is 0 Å². The smallest absolute Gasteiger partial charge is 0.325 e.